The number of ether oxygens (including phenoxy) is 1. The molecular weight excluding hydrogens is 146 g/mol. The van der Waals surface area contributed by atoms with Gasteiger partial charge in [-0.15, -0.1) is 0 Å². The molecule has 0 saturated carbocycles. The summed E-state index contributed by atoms with van der Waals surface area (Å²) in [5, 5.41) is 3.44. The third-order valence-electron chi connectivity index (χ3n) is 1.05. The van der Waals surface area contributed by atoms with Crippen LogP contribution in [-0.2, 0) is 4.74 Å². The van der Waals surface area contributed by atoms with E-state index >= 15 is 0 Å². The van der Waals surface area contributed by atoms with Gasteiger partial charge in [-0.1, -0.05) is 13.3 Å². The Morgan fingerprint density at radius 1 is 1.50 bits per heavy atom. The number of nitrogens with one attached hydrogen (secondary N) is 1. The Morgan fingerprint density at radius 3 is 2.70 bits per heavy atom. The van der Waals surface area contributed by atoms with Gasteiger partial charge in [-0.05, 0) is 25.6 Å². The van der Waals surface area contributed by atoms with E-state index < -0.39 is 0 Å². The third-order valence-corrected chi connectivity index (χ3v) is 1.31. The second-order valence-corrected chi connectivity index (χ2v) is 2.39. The second-order valence-electron chi connectivity index (χ2n) is 2.02. The summed E-state index contributed by atoms with van der Waals surface area (Å²) in [7, 11) is 0. The van der Waals surface area contributed by atoms with Crippen molar-refractivity contribution in [3.05, 3.63) is 0 Å². The summed E-state index contributed by atoms with van der Waals surface area (Å²) >= 11 is 4.83. The number of thiocarbonyl (C=S) groups is 1. The van der Waals surface area contributed by atoms with Crippen molar-refractivity contribution < 1.29 is 4.74 Å². The largest absolute Gasteiger partial charge is 0.471 e. The summed E-state index contributed by atoms with van der Waals surface area (Å²) in [6, 6.07) is 0. The molecule has 0 aromatic heterocycles. The third kappa shape index (κ3) is 5.82. The molecule has 0 spiro atoms. The molecule has 3 heteroatoms. The van der Waals surface area contributed by atoms with E-state index in [1.807, 2.05) is 6.92 Å². The predicted octanol–water partition coefficient (Wildman–Crippen LogP) is 1.70. The molecule has 0 aromatic rings. The van der Waals surface area contributed by atoms with Crippen LogP contribution in [0.15, 0.2) is 0 Å². The lowest BCUT2D eigenvalue weighted by Gasteiger charge is -2.06. The molecule has 0 atom stereocenters. The highest BCUT2D eigenvalue weighted by molar-refractivity contribution is 7.80. The van der Waals surface area contributed by atoms with Crippen molar-refractivity contribution in [3.8, 4) is 0 Å². The molecule has 0 saturated heterocycles. The minimum absolute atomic E-state index is 0.524. The zero-order chi connectivity index (χ0) is 7.82. The van der Waals surface area contributed by atoms with Crippen molar-refractivity contribution in [2.75, 3.05) is 13.2 Å². The van der Waals surface area contributed by atoms with E-state index in [1.165, 1.54) is 0 Å². The number of rotatable bonds is 4. The molecular formula is C7H15NOS. The van der Waals surface area contributed by atoms with Crippen LogP contribution in [0, 0.1) is 0 Å². The molecule has 0 aliphatic heterocycles. The first kappa shape index (κ1) is 9.69. The number of unbranched alkanes of at least 4 members (excludes halogenated alkanes) is 1. The van der Waals surface area contributed by atoms with E-state index in [2.05, 4.69) is 12.2 Å². The van der Waals surface area contributed by atoms with Gasteiger partial charge in [-0.3, -0.25) is 0 Å². The predicted molar refractivity (Wildman–Crippen MR) is 47.1 cm³/mol. The van der Waals surface area contributed by atoms with Crippen molar-refractivity contribution in [2.45, 2.75) is 26.7 Å². The lowest BCUT2D eigenvalue weighted by molar-refractivity contribution is 0.292. The highest BCUT2D eigenvalue weighted by Crippen LogP contribution is 1.87. The van der Waals surface area contributed by atoms with Crippen LogP contribution >= 0.6 is 12.2 Å². The van der Waals surface area contributed by atoms with Crippen molar-refractivity contribution in [1.82, 2.24) is 5.32 Å². The second kappa shape index (κ2) is 6.81. The maximum atomic E-state index is 5.14. The van der Waals surface area contributed by atoms with Gasteiger partial charge in [0.05, 0.1) is 6.61 Å². The van der Waals surface area contributed by atoms with Gasteiger partial charge < -0.3 is 10.1 Å². The zero-order valence-corrected chi connectivity index (χ0v) is 7.46. The molecule has 0 fully saturated rings. The fourth-order valence-electron chi connectivity index (χ4n) is 0.505. The van der Waals surface area contributed by atoms with Crippen LogP contribution < -0.4 is 5.32 Å². The van der Waals surface area contributed by atoms with Crippen LogP contribution in [0.25, 0.3) is 0 Å². The van der Waals surface area contributed by atoms with Gasteiger partial charge in [0.25, 0.3) is 5.17 Å². The fourth-order valence-corrected chi connectivity index (χ4v) is 0.732. The summed E-state index contributed by atoms with van der Waals surface area (Å²) in [4.78, 5) is 0. The van der Waals surface area contributed by atoms with Crippen LogP contribution in [0.1, 0.15) is 26.7 Å². The van der Waals surface area contributed by atoms with Crippen LogP contribution in [0.5, 0.6) is 0 Å². The lowest BCUT2D eigenvalue weighted by atomic mass is 10.4. The van der Waals surface area contributed by atoms with Crippen molar-refractivity contribution in [2.24, 2.45) is 0 Å². The Balaban J connectivity index is 3.05. The van der Waals surface area contributed by atoms with Gasteiger partial charge >= 0.3 is 0 Å². The standard InChI is InChI=1S/C7H15NOS/c1-3-5-6-9-7(10)8-4-2/h3-6H2,1-2H3,(H,8,10). The monoisotopic (exact) mass is 161 g/mol. The molecule has 0 bridgehead atoms. The molecule has 0 radical (unpaired) electrons. The molecule has 0 aromatic carbocycles. The van der Waals surface area contributed by atoms with Gasteiger partial charge in [-0.25, -0.2) is 0 Å². The Morgan fingerprint density at radius 2 is 2.20 bits per heavy atom. The van der Waals surface area contributed by atoms with E-state index in [0.717, 1.165) is 26.0 Å². The van der Waals surface area contributed by atoms with Crippen molar-refractivity contribution in [3.63, 3.8) is 0 Å². The average Bonchev–Trinajstić information content (AvgIpc) is 1.89. The highest BCUT2D eigenvalue weighted by atomic mass is 32.1. The molecule has 0 aliphatic carbocycles. The molecule has 0 unspecified atom stereocenters. The first-order valence-electron chi connectivity index (χ1n) is 3.71. The minimum Gasteiger partial charge on any atom is -0.471 e. The summed E-state index contributed by atoms with van der Waals surface area (Å²) < 4.78 is 5.14. The van der Waals surface area contributed by atoms with Gasteiger partial charge in [0.2, 0.25) is 0 Å². The van der Waals surface area contributed by atoms with Crippen molar-refractivity contribution in [1.29, 1.82) is 0 Å². The lowest BCUT2D eigenvalue weighted by Crippen LogP contribution is -2.23. The zero-order valence-electron chi connectivity index (χ0n) is 6.64. The summed E-state index contributed by atoms with van der Waals surface area (Å²) in [6.07, 6.45) is 2.22. The fraction of sp³-hybridized carbons (Fsp3) is 0.857. The molecule has 10 heavy (non-hydrogen) atoms. The molecule has 0 heterocycles. The molecule has 1 N–H and O–H groups in total. The maximum absolute atomic E-state index is 5.14. The topological polar surface area (TPSA) is 21.3 Å². The average molecular weight is 161 g/mol. The first-order valence-corrected chi connectivity index (χ1v) is 4.12. The SMILES string of the molecule is CCCCOC(=S)NCC. The smallest absolute Gasteiger partial charge is 0.256 e. The summed E-state index contributed by atoms with van der Waals surface area (Å²) in [6.45, 7) is 5.70. The van der Waals surface area contributed by atoms with Crippen LogP contribution in [0.2, 0.25) is 0 Å². The van der Waals surface area contributed by atoms with E-state index in [-0.39, 0.29) is 0 Å². The van der Waals surface area contributed by atoms with Crippen LogP contribution in [-0.4, -0.2) is 18.3 Å². The van der Waals surface area contributed by atoms with E-state index in [1.54, 1.807) is 0 Å². The Labute approximate surface area is 68.0 Å². The maximum Gasteiger partial charge on any atom is 0.256 e. The number of hydrogen-bond donors (Lipinski definition) is 1. The Hall–Kier alpha value is -0.310. The highest BCUT2D eigenvalue weighted by Gasteiger charge is 1.91. The molecule has 60 valence electrons. The van der Waals surface area contributed by atoms with Gasteiger partial charge in [0.1, 0.15) is 0 Å². The first-order chi connectivity index (χ1) is 4.81. The number of hydrogen-bond acceptors (Lipinski definition) is 2. The normalized spacial score (nSPS) is 9.00. The van der Waals surface area contributed by atoms with Crippen molar-refractivity contribution >= 4 is 17.4 Å². The molecule has 0 amide bonds. The Kier molecular flexibility index (Phi) is 6.59. The summed E-state index contributed by atoms with van der Waals surface area (Å²) in [5.74, 6) is 0. The van der Waals surface area contributed by atoms with E-state index in [0.29, 0.717) is 5.17 Å². The van der Waals surface area contributed by atoms with E-state index in [9.17, 15) is 0 Å². The van der Waals surface area contributed by atoms with E-state index in [4.69, 9.17) is 17.0 Å². The molecule has 0 aliphatic rings. The van der Waals surface area contributed by atoms with Gasteiger partial charge in [0.15, 0.2) is 0 Å². The minimum atomic E-state index is 0.524. The molecule has 0 rings (SSSR count). The van der Waals surface area contributed by atoms with Crippen LogP contribution in [0.3, 0.4) is 0 Å². The Bertz CT molecular complexity index is 95.6. The summed E-state index contributed by atoms with van der Waals surface area (Å²) in [5.41, 5.74) is 0. The quantitative estimate of drug-likeness (QED) is 0.501. The molecule has 2 nitrogen and oxygen atoms in total. The van der Waals surface area contributed by atoms with Gasteiger partial charge in [-0.2, -0.15) is 0 Å². The van der Waals surface area contributed by atoms with Gasteiger partial charge in [0, 0.05) is 6.54 Å². The van der Waals surface area contributed by atoms with Crippen LogP contribution in [0.4, 0.5) is 0 Å².